The summed E-state index contributed by atoms with van der Waals surface area (Å²) in [4.78, 5) is 0. The molecule has 0 bridgehead atoms. The molecule has 142 valence electrons. The van der Waals surface area contributed by atoms with Crippen molar-refractivity contribution < 1.29 is 17.6 Å². The third kappa shape index (κ3) is 20.2. The lowest BCUT2D eigenvalue weighted by molar-refractivity contribution is 0.188. The van der Waals surface area contributed by atoms with Crippen LogP contribution in [0.15, 0.2) is 0 Å². The Morgan fingerprint density at radius 1 is 0.826 bits per heavy atom. The molecule has 0 aliphatic rings. The van der Waals surface area contributed by atoms with Gasteiger partial charge in [-0.1, -0.05) is 58.8 Å². The van der Waals surface area contributed by atoms with Gasteiger partial charge in [-0.3, -0.25) is 0 Å². The van der Waals surface area contributed by atoms with Crippen LogP contribution in [0, 0.1) is 0 Å². The van der Waals surface area contributed by atoms with Gasteiger partial charge in [0.2, 0.25) is 0 Å². The highest BCUT2D eigenvalue weighted by molar-refractivity contribution is 7.79. The van der Waals surface area contributed by atoms with Crippen molar-refractivity contribution in [2.24, 2.45) is 0 Å². The van der Waals surface area contributed by atoms with E-state index in [1.807, 2.05) is 0 Å². The van der Waals surface area contributed by atoms with Gasteiger partial charge in [0.1, 0.15) is 0 Å². The summed E-state index contributed by atoms with van der Waals surface area (Å²) < 4.78 is 29.8. The van der Waals surface area contributed by atoms with Gasteiger partial charge in [0, 0.05) is 19.0 Å². The first kappa shape index (κ1) is 25.5. The summed E-state index contributed by atoms with van der Waals surface area (Å²) in [6.07, 6.45) is 9.68. The minimum atomic E-state index is -1.81. The fraction of sp³-hybridized carbons (Fsp3) is 1.00. The van der Waals surface area contributed by atoms with Crippen molar-refractivity contribution in [2.75, 3.05) is 19.0 Å². The molecule has 0 fully saturated rings. The summed E-state index contributed by atoms with van der Waals surface area (Å²) in [6.45, 7) is 12.2. The molecule has 4 nitrogen and oxygen atoms in total. The monoisotopic (exact) mass is 368 g/mol. The van der Waals surface area contributed by atoms with Crippen molar-refractivity contribution >= 4 is 19.6 Å². The average Bonchev–Trinajstić information content (AvgIpc) is 2.48. The van der Waals surface area contributed by atoms with E-state index in [2.05, 4.69) is 34.2 Å². The van der Waals surface area contributed by atoms with E-state index in [4.69, 9.17) is 13.4 Å². The number of hydrogen-bond acceptors (Lipinski definition) is 3. The van der Waals surface area contributed by atoms with Crippen molar-refractivity contribution in [2.45, 2.75) is 91.7 Å². The number of rotatable bonds is 14. The maximum absolute atomic E-state index is 9.99. The number of hydrogen-bond donors (Lipinski definition) is 1. The third-order valence-corrected chi connectivity index (χ3v) is 7.25. The quantitative estimate of drug-likeness (QED) is 0.250. The van der Waals surface area contributed by atoms with Crippen molar-refractivity contribution in [3.8, 4) is 0 Å². The molecular formula is C17H40O4SSi. The van der Waals surface area contributed by atoms with E-state index in [1.54, 1.807) is 0 Å². The fourth-order valence-electron chi connectivity index (χ4n) is 2.32. The Kier molecular flexibility index (Phi) is 20.6. The topological polar surface area (TPSA) is 55.8 Å². The minimum Gasteiger partial charge on any atom is -0.395 e. The highest BCUT2D eigenvalue weighted by Gasteiger charge is 2.29. The normalized spacial score (nSPS) is 12.6. The van der Waals surface area contributed by atoms with Crippen molar-refractivity contribution in [1.82, 2.24) is 0 Å². The molecule has 1 atom stereocenters. The largest absolute Gasteiger partial charge is 0.395 e. The molecule has 6 heteroatoms. The standard InChI is InChI=1S/C12H28O2Si.C5H12O2S/c1-5-8-9-10-11-12-15(4,13-6-2)14-7-3;1-2-3-4-5-8(6)7/h5-12H2,1-4H3;2-5H2,1H3,(H,6,7). The van der Waals surface area contributed by atoms with E-state index in [0.717, 1.165) is 38.5 Å². The molecular weight excluding hydrogens is 328 g/mol. The van der Waals surface area contributed by atoms with E-state index >= 15 is 0 Å². The van der Waals surface area contributed by atoms with Crippen LogP contribution in [0.2, 0.25) is 12.6 Å². The van der Waals surface area contributed by atoms with E-state index in [1.165, 1.54) is 32.1 Å². The van der Waals surface area contributed by atoms with Crippen LogP contribution in [0.4, 0.5) is 0 Å². The summed E-state index contributed by atoms with van der Waals surface area (Å²) in [7, 11) is -1.81. The second-order valence-electron chi connectivity index (χ2n) is 5.90. The maximum Gasteiger partial charge on any atom is 0.334 e. The lowest BCUT2D eigenvalue weighted by atomic mass is 10.2. The second kappa shape index (κ2) is 18.6. The summed E-state index contributed by atoms with van der Waals surface area (Å²) in [5, 5.41) is 0. The van der Waals surface area contributed by atoms with Gasteiger partial charge in [-0.2, -0.15) is 0 Å². The zero-order chi connectivity index (χ0) is 18.0. The Balaban J connectivity index is 0. The van der Waals surface area contributed by atoms with Gasteiger partial charge < -0.3 is 13.4 Å². The molecule has 0 amide bonds. The summed E-state index contributed by atoms with van der Waals surface area (Å²) >= 11 is -1.57. The summed E-state index contributed by atoms with van der Waals surface area (Å²) in [5.41, 5.74) is 0. The summed E-state index contributed by atoms with van der Waals surface area (Å²) in [5.74, 6) is 0.438. The first-order valence-electron chi connectivity index (χ1n) is 9.31. The molecule has 0 saturated heterocycles. The van der Waals surface area contributed by atoms with Crippen LogP contribution in [-0.2, 0) is 19.9 Å². The maximum atomic E-state index is 9.99. The van der Waals surface area contributed by atoms with E-state index in [-0.39, 0.29) is 0 Å². The van der Waals surface area contributed by atoms with Crippen LogP contribution >= 0.6 is 0 Å². The van der Waals surface area contributed by atoms with Gasteiger partial charge in [0.25, 0.3) is 0 Å². The van der Waals surface area contributed by atoms with Gasteiger partial charge in [-0.15, -0.1) is 0 Å². The molecule has 0 radical (unpaired) electrons. The molecule has 0 saturated carbocycles. The third-order valence-electron chi connectivity index (χ3n) is 3.56. The fourth-order valence-corrected chi connectivity index (χ4v) is 5.26. The molecule has 0 aromatic rings. The molecule has 0 spiro atoms. The van der Waals surface area contributed by atoms with Crippen molar-refractivity contribution in [3.63, 3.8) is 0 Å². The van der Waals surface area contributed by atoms with Gasteiger partial charge in [0.05, 0.1) is 0 Å². The van der Waals surface area contributed by atoms with Crippen LogP contribution in [-0.4, -0.2) is 36.3 Å². The van der Waals surface area contributed by atoms with Crippen LogP contribution in [0.3, 0.4) is 0 Å². The zero-order valence-corrected chi connectivity index (χ0v) is 17.9. The minimum absolute atomic E-state index is 0.438. The van der Waals surface area contributed by atoms with E-state index in [9.17, 15) is 4.21 Å². The Labute approximate surface area is 148 Å². The first-order chi connectivity index (χ1) is 11.0. The summed E-state index contributed by atoms with van der Waals surface area (Å²) in [6, 6.07) is 1.15. The Morgan fingerprint density at radius 3 is 1.74 bits per heavy atom. The zero-order valence-electron chi connectivity index (χ0n) is 16.1. The molecule has 1 N–H and O–H groups in total. The molecule has 0 heterocycles. The van der Waals surface area contributed by atoms with Crippen molar-refractivity contribution in [1.29, 1.82) is 0 Å². The molecule has 0 aliphatic heterocycles. The van der Waals surface area contributed by atoms with Gasteiger partial charge in [-0.05, 0) is 32.9 Å². The van der Waals surface area contributed by atoms with E-state index < -0.39 is 19.6 Å². The smallest absolute Gasteiger partial charge is 0.334 e. The second-order valence-corrected chi connectivity index (χ2v) is 10.3. The molecule has 1 unspecified atom stereocenters. The predicted octanol–water partition coefficient (Wildman–Crippen LogP) is 5.50. The predicted molar refractivity (Wildman–Crippen MR) is 104 cm³/mol. The van der Waals surface area contributed by atoms with Crippen LogP contribution in [0.5, 0.6) is 0 Å². The molecule has 0 aliphatic carbocycles. The van der Waals surface area contributed by atoms with Gasteiger partial charge in [-0.25, -0.2) is 4.21 Å². The lowest BCUT2D eigenvalue weighted by Crippen LogP contribution is -2.38. The first-order valence-corrected chi connectivity index (χ1v) is 13.1. The van der Waals surface area contributed by atoms with Crippen LogP contribution < -0.4 is 0 Å². The molecule has 0 rings (SSSR count). The number of unbranched alkanes of at least 4 members (excludes halogenated alkanes) is 6. The van der Waals surface area contributed by atoms with Crippen LogP contribution in [0.1, 0.15) is 79.1 Å². The Morgan fingerprint density at radius 2 is 1.30 bits per heavy atom. The lowest BCUT2D eigenvalue weighted by Gasteiger charge is -2.25. The van der Waals surface area contributed by atoms with E-state index in [0.29, 0.717) is 5.75 Å². The molecule has 0 aromatic heterocycles. The SMILES string of the molecule is CCCCCCC[Si](C)(OCC)OCC.CCCCCS(=O)O. The van der Waals surface area contributed by atoms with Crippen LogP contribution in [0.25, 0.3) is 0 Å². The van der Waals surface area contributed by atoms with Crippen molar-refractivity contribution in [3.05, 3.63) is 0 Å². The Bertz CT molecular complexity index is 259. The highest BCUT2D eigenvalue weighted by Crippen LogP contribution is 2.18. The highest BCUT2D eigenvalue weighted by atomic mass is 32.2. The molecule has 0 aromatic carbocycles. The van der Waals surface area contributed by atoms with Gasteiger partial charge >= 0.3 is 8.56 Å². The molecule has 23 heavy (non-hydrogen) atoms. The Hall–Kier alpha value is 0.247. The van der Waals surface area contributed by atoms with Gasteiger partial charge in [0.15, 0.2) is 11.1 Å². The average molecular weight is 369 g/mol.